The molecule has 16 heavy (non-hydrogen) atoms. The van der Waals surface area contributed by atoms with Crippen LogP contribution in [0.4, 0.5) is 0 Å². The molecular formula is C11H19N3OS. The van der Waals surface area contributed by atoms with Crippen LogP contribution in [0.25, 0.3) is 0 Å². The van der Waals surface area contributed by atoms with E-state index in [0.717, 1.165) is 12.1 Å². The second-order valence-corrected chi connectivity index (χ2v) is 4.83. The van der Waals surface area contributed by atoms with Gasteiger partial charge < -0.3 is 11.1 Å². The minimum Gasteiger partial charge on any atom is -0.355 e. The molecule has 1 rings (SSSR count). The molecule has 0 saturated carbocycles. The molecule has 3 N–H and O–H groups in total. The Labute approximate surface area is 100 Å². The van der Waals surface area contributed by atoms with Crippen molar-refractivity contribution in [3.63, 3.8) is 0 Å². The lowest BCUT2D eigenvalue weighted by atomic mass is 9.95. The van der Waals surface area contributed by atoms with Gasteiger partial charge in [0.2, 0.25) is 5.91 Å². The first-order valence-electron chi connectivity index (χ1n) is 5.50. The smallest absolute Gasteiger partial charge is 0.224 e. The third-order valence-corrected chi connectivity index (χ3v) is 3.19. The number of hydrogen-bond acceptors (Lipinski definition) is 4. The lowest BCUT2D eigenvalue weighted by Crippen LogP contribution is -2.38. The number of nitrogens with one attached hydrogen (secondary N) is 1. The number of rotatable bonds is 6. The van der Waals surface area contributed by atoms with Gasteiger partial charge in [-0.25, -0.2) is 4.98 Å². The summed E-state index contributed by atoms with van der Waals surface area (Å²) in [7, 11) is 0. The summed E-state index contributed by atoms with van der Waals surface area (Å²) in [6.45, 7) is 5.06. The molecule has 1 unspecified atom stereocenters. The van der Waals surface area contributed by atoms with Gasteiger partial charge in [0.05, 0.1) is 17.1 Å². The average Bonchev–Trinajstić information content (AvgIpc) is 2.71. The molecule has 1 aromatic heterocycles. The molecule has 1 atom stereocenters. The van der Waals surface area contributed by atoms with Gasteiger partial charge in [0.15, 0.2) is 0 Å². The third-order valence-electron chi connectivity index (χ3n) is 2.56. The largest absolute Gasteiger partial charge is 0.355 e. The molecule has 4 nitrogen and oxygen atoms in total. The Hall–Kier alpha value is -0.940. The lowest BCUT2D eigenvalue weighted by molar-refractivity contribution is -0.125. The van der Waals surface area contributed by atoms with Gasteiger partial charge in [-0.05, 0) is 5.92 Å². The van der Waals surface area contributed by atoms with Crippen molar-refractivity contribution < 1.29 is 4.79 Å². The molecule has 0 spiro atoms. The average molecular weight is 241 g/mol. The zero-order chi connectivity index (χ0) is 12.0. The van der Waals surface area contributed by atoms with Gasteiger partial charge in [0.25, 0.3) is 0 Å². The molecule has 1 heterocycles. The minimum atomic E-state index is -0.0876. The van der Waals surface area contributed by atoms with Crippen molar-refractivity contribution in [2.45, 2.75) is 20.3 Å². The standard InChI is InChI=1S/C11H19N3OS/c1-8(2)10(5-12)11(15)13-4-3-9-6-16-7-14-9/h6-8,10H,3-5,12H2,1-2H3,(H,13,15). The molecule has 0 radical (unpaired) electrons. The van der Waals surface area contributed by atoms with Crippen LogP contribution in [0.2, 0.25) is 0 Å². The molecule has 1 amide bonds. The second-order valence-electron chi connectivity index (χ2n) is 4.11. The van der Waals surface area contributed by atoms with Crippen molar-refractivity contribution in [3.05, 3.63) is 16.6 Å². The molecule has 0 aliphatic rings. The maximum Gasteiger partial charge on any atom is 0.224 e. The fourth-order valence-corrected chi connectivity index (χ4v) is 2.08. The van der Waals surface area contributed by atoms with E-state index in [1.807, 2.05) is 19.2 Å². The van der Waals surface area contributed by atoms with Gasteiger partial charge in [-0.2, -0.15) is 0 Å². The maximum atomic E-state index is 11.7. The van der Waals surface area contributed by atoms with Crippen LogP contribution in [0.1, 0.15) is 19.5 Å². The number of amides is 1. The van der Waals surface area contributed by atoms with Gasteiger partial charge in [-0.3, -0.25) is 4.79 Å². The van der Waals surface area contributed by atoms with E-state index in [-0.39, 0.29) is 17.7 Å². The van der Waals surface area contributed by atoms with Gasteiger partial charge in [0.1, 0.15) is 0 Å². The molecule has 0 saturated heterocycles. The Kier molecular flexibility index (Phi) is 5.42. The highest BCUT2D eigenvalue weighted by Crippen LogP contribution is 2.09. The number of hydrogen-bond donors (Lipinski definition) is 2. The van der Waals surface area contributed by atoms with E-state index >= 15 is 0 Å². The normalized spacial score (nSPS) is 12.8. The number of carbonyl (C=O) groups excluding carboxylic acids is 1. The summed E-state index contributed by atoms with van der Waals surface area (Å²) < 4.78 is 0. The van der Waals surface area contributed by atoms with Crippen molar-refractivity contribution in [1.82, 2.24) is 10.3 Å². The molecular weight excluding hydrogens is 222 g/mol. The van der Waals surface area contributed by atoms with E-state index in [0.29, 0.717) is 13.1 Å². The summed E-state index contributed by atoms with van der Waals surface area (Å²) in [6, 6.07) is 0. The fraction of sp³-hybridized carbons (Fsp3) is 0.636. The summed E-state index contributed by atoms with van der Waals surface area (Å²) >= 11 is 1.57. The number of nitrogens with two attached hydrogens (primary N) is 1. The Morgan fingerprint density at radius 1 is 1.62 bits per heavy atom. The first kappa shape index (κ1) is 13.1. The summed E-state index contributed by atoms with van der Waals surface area (Å²) in [5.74, 6) is 0.243. The first-order chi connectivity index (χ1) is 7.65. The Morgan fingerprint density at radius 3 is 2.88 bits per heavy atom. The van der Waals surface area contributed by atoms with Gasteiger partial charge in [-0.15, -0.1) is 11.3 Å². The van der Waals surface area contributed by atoms with Crippen LogP contribution in [-0.4, -0.2) is 24.0 Å². The molecule has 0 fully saturated rings. The summed E-state index contributed by atoms with van der Waals surface area (Å²) in [4.78, 5) is 15.9. The monoisotopic (exact) mass is 241 g/mol. The van der Waals surface area contributed by atoms with E-state index in [1.165, 1.54) is 0 Å². The minimum absolute atomic E-state index is 0.0488. The Balaban J connectivity index is 2.29. The molecule has 1 aromatic rings. The van der Waals surface area contributed by atoms with Crippen molar-refractivity contribution in [2.24, 2.45) is 17.6 Å². The van der Waals surface area contributed by atoms with Crippen LogP contribution < -0.4 is 11.1 Å². The summed E-state index contributed by atoms with van der Waals surface area (Å²) in [6.07, 6.45) is 0.782. The number of aromatic nitrogens is 1. The van der Waals surface area contributed by atoms with Crippen LogP contribution in [0.3, 0.4) is 0 Å². The Bertz CT molecular complexity index is 311. The lowest BCUT2D eigenvalue weighted by Gasteiger charge is -2.17. The zero-order valence-corrected chi connectivity index (χ0v) is 10.6. The molecule has 0 aliphatic heterocycles. The Morgan fingerprint density at radius 2 is 2.38 bits per heavy atom. The fourth-order valence-electron chi connectivity index (χ4n) is 1.49. The zero-order valence-electron chi connectivity index (χ0n) is 9.77. The predicted octanol–water partition coefficient (Wildman–Crippen LogP) is 1.03. The van der Waals surface area contributed by atoms with E-state index < -0.39 is 0 Å². The van der Waals surface area contributed by atoms with E-state index in [9.17, 15) is 4.79 Å². The van der Waals surface area contributed by atoms with Gasteiger partial charge >= 0.3 is 0 Å². The number of thiazole rings is 1. The topological polar surface area (TPSA) is 68.0 Å². The van der Waals surface area contributed by atoms with Gasteiger partial charge in [-0.1, -0.05) is 13.8 Å². The SMILES string of the molecule is CC(C)C(CN)C(=O)NCCc1cscn1. The highest BCUT2D eigenvalue weighted by molar-refractivity contribution is 7.07. The van der Waals surface area contributed by atoms with Crippen LogP contribution >= 0.6 is 11.3 Å². The highest BCUT2D eigenvalue weighted by Gasteiger charge is 2.19. The van der Waals surface area contributed by atoms with Gasteiger partial charge in [0, 0.05) is 24.9 Å². The van der Waals surface area contributed by atoms with Crippen molar-refractivity contribution in [2.75, 3.05) is 13.1 Å². The molecule has 0 bridgehead atoms. The number of carbonyl (C=O) groups is 1. The van der Waals surface area contributed by atoms with Crippen molar-refractivity contribution in [1.29, 1.82) is 0 Å². The molecule has 0 aromatic carbocycles. The molecule has 90 valence electrons. The van der Waals surface area contributed by atoms with Crippen molar-refractivity contribution >= 4 is 17.2 Å². The van der Waals surface area contributed by atoms with E-state index in [4.69, 9.17) is 5.73 Å². The second kappa shape index (κ2) is 6.60. The summed E-state index contributed by atoms with van der Waals surface area (Å²) in [5.41, 5.74) is 8.40. The molecule has 5 heteroatoms. The number of nitrogens with zero attached hydrogens (tertiary/aromatic N) is 1. The first-order valence-corrected chi connectivity index (χ1v) is 6.44. The third kappa shape index (κ3) is 3.90. The van der Waals surface area contributed by atoms with Crippen LogP contribution in [0.15, 0.2) is 10.9 Å². The van der Waals surface area contributed by atoms with Crippen LogP contribution in [0, 0.1) is 11.8 Å². The van der Waals surface area contributed by atoms with E-state index in [2.05, 4.69) is 10.3 Å². The molecule has 0 aliphatic carbocycles. The van der Waals surface area contributed by atoms with Crippen LogP contribution in [0.5, 0.6) is 0 Å². The summed E-state index contributed by atoms with van der Waals surface area (Å²) in [5, 5.41) is 4.89. The highest BCUT2D eigenvalue weighted by atomic mass is 32.1. The van der Waals surface area contributed by atoms with Crippen LogP contribution in [-0.2, 0) is 11.2 Å². The quantitative estimate of drug-likeness (QED) is 0.781. The predicted molar refractivity (Wildman–Crippen MR) is 66.2 cm³/mol. The van der Waals surface area contributed by atoms with Crippen molar-refractivity contribution in [3.8, 4) is 0 Å². The maximum absolute atomic E-state index is 11.7. The van der Waals surface area contributed by atoms with E-state index in [1.54, 1.807) is 16.8 Å².